The molecule has 0 bridgehead atoms. The van der Waals surface area contributed by atoms with E-state index in [1.54, 1.807) is 0 Å². The summed E-state index contributed by atoms with van der Waals surface area (Å²) in [6, 6.07) is 3.86. The summed E-state index contributed by atoms with van der Waals surface area (Å²) in [6.07, 6.45) is 1.01. The predicted octanol–water partition coefficient (Wildman–Crippen LogP) is 3.66. The Morgan fingerprint density at radius 2 is 1.88 bits per heavy atom. The Morgan fingerprint density at radius 3 is 2.29 bits per heavy atom. The molecular formula is C14H19F2N. The monoisotopic (exact) mass is 239 g/mol. The first-order valence-electron chi connectivity index (χ1n) is 6.14. The normalized spacial score (nSPS) is 23.5. The fourth-order valence-corrected chi connectivity index (χ4v) is 2.55. The van der Waals surface area contributed by atoms with Crippen LogP contribution >= 0.6 is 0 Å². The van der Waals surface area contributed by atoms with Crippen molar-refractivity contribution in [3.8, 4) is 0 Å². The van der Waals surface area contributed by atoms with Crippen molar-refractivity contribution in [1.82, 2.24) is 5.32 Å². The standard InChI is InChI=1S/C14H19F2N/c1-4-17-13(9-8-14(9,2)3)12-10(15)6-5-7-11(12)16/h5-7,9,13,17H,4,8H2,1-3H3. The van der Waals surface area contributed by atoms with Gasteiger partial charge in [0.15, 0.2) is 0 Å². The Labute approximate surface area is 101 Å². The molecule has 3 heteroatoms. The van der Waals surface area contributed by atoms with E-state index >= 15 is 0 Å². The third-order valence-electron chi connectivity index (χ3n) is 3.73. The zero-order chi connectivity index (χ0) is 12.6. The second-order valence-electron chi connectivity index (χ2n) is 5.47. The highest BCUT2D eigenvalue weighted by Crippen LogP contribution is 2.58. The third-order valence-corrected chi connectivity index (χ3v) is 3.73. The summed E-state index contributed by atoms with van der Waals surface area (Å²) in [5.74, 6) is -0.578. The predicted molar refractivity (Wildman–Crippen MR) is 64.7 cm³/mol. The van der Waals surface area contributed by atoms with Gasteiger partial charge in [-0.3, -0.25) is 0 Å². The molecule has 17 heavy (non-hydrogen) atoms. The van der Waals surface area contributed by atoms with Gasteiger partial charge in [-0.2, -0.15) is 0 Å². The Morgan fingerprint density at radius 1 is 1.35 bits per heavy atom. The highest BCUT2D eigenvalue weighted by Gasteiger charge is 2.51. The lowest BCUT2D eigenvalue weighted by molar-refractivity contribution is 0.393. The maximum absolute atomic E-state index is 13.8. The minimum Gasteiger partial charge on any atom is -0.310 e. The van der Waals surface area contributed by atoms with E-state index in [9.17, 15) is 8.78 Å². The van der Waals surface area contributed by atoms with Crippen LogP contribution in [0.25, 0.3) is 0 Å². The van der Waals surface area contributed by atoms with Crippen molar-refractivity contribution in [3.05, 3.63) is 35.4 Å². The van der Waals surface area contributed by atoms with Gasteiger partial charge in [0.2, 0.25) is 0 Å². The summed E-state index contributed by atoms with van der Waals surface area (Å²) < 4.78 is 27.6. The minimum absolute atomic E-state index is 0.182. The van der Waals surface area contributed by atoms with Crippen LogP contribution < -0.4 is 5.32 Å². The van der Waals surface area contributed by atoms with Gasteiger partial charge in [-0.1, -0.05) is 26.8 Å². The molecule has 1 aromatic rings. The molecule has 1 N–H and O–H groups in total. The van der Waals surface area contributed by atoms with E-state index in [0.29, 0.717) is 12.5 Å². The second-order valence-corrected chi connectivity index (χ2v) is 5.47. The van der Waals surface area contributed by atoms with Gasteiger partial charge in [0.25, 0.3) is 0 Å². The maximum Gasteiger partial charge on any atom is 0.130 e. The van der Waals surface area contributed by atoms with Crippen LogP contribution in [0.1, 0.15) is 38.8 Å². The molecule has 94 valence electrons. The van der Waals surface area contributed by atoms with Gasteiger partial charge in [-0.05, 0) is 36.4 Å². The molecule has 1 aliphatic rings. The van der Waals surface area contributed by atoms with Crippen molar-refractivity contribution < 1.29 is 8.78 Å². The molecule has 2 rings (SSSR count). The van der Waals surface area contributed by atoms with Crippen LogP contribution in [-0.4, -0.2) is 6.54 Å². The van der Waals surface area contributed by atoms with Crippen LogP contribution in [0.4, 0.5) is 8.78 Å². The summed E-state index contributed by atoms with van der Waals surface area (Å²) in [6.45, 7) is 6.95. The first-order valence-corrected chi connectivity index (χ1v) is 6.14. The number of hydrogen-bond acceptors (Lipinski definition) is 1. The highest BCUT2D eigenvalue weighted by molar-refractivity contribution is 5.26. The number of nitrogens with one attached hydrogen (secondary N) is 1. The van der Waals surface area contributed by atoms with Gasteiger partial charge in [0, 0.05) is 11.6 Å². The van der Waals surface area contributed by atoms with E-state index in [2.05, 4.69) is 19.2 Å². The van der Waals surface area contributed by atoms with Crippen LogP contribution in [0, 0.1) is 23.0 Å². The number of hydrogen-bond donors (Lipinski definition) is 1. The van der Waals surface area contributed by atoms with E-state index in [1.807, 2.05) is 6.92 Å². The van der Waals surface area contributed by atoms with Crippen molar-refractivity contribution >= 4 is 0 Å². The van der Waals surface area contributed by atoms with Crippen LogP contribution in [0.15, 0.2) is 18.2 Å². The van der Waals surface area contributed by atoms with Gasteiger partial charge in [-0.15, -0.1) is 0 Å². The van der Waals surface area contributed by atoms with Crippen molar-refractivity contribution in [2.24, 2.45) is 11.3 Å². The van der Waals surface area contributed by atoms with E-state index in [0.717, 1.165) is 6.42 Å². The third kappa shape index (κ3) is 2.34. The van der Waals surface area contributed by atoms with Gasteiger partial charge < -0.3 is 5.32 Å². The molecule has 2 atom stereocenters. The van der Waals surface area contributed by atoms with Crippen LogP contribution in [-0.2, 0) is 0 Å². The number of rotatable bonds is 4. The molecule has 0 aliphatic heterocycles. The fraction of sp³-hybridized carbons (Fsp3) is 0.571. The van der Waals surface area contributed by atoms with Crippen molar-refractivity contribution in [3.63, 3.8) is 0 Å². The van der Waals surface area contributed by atoms with Crippen LogP contribution in [0.2, 0.25) is 0 Å². The molecule has 0 amide bonds. The zero-order valence-corrected chi connectivity index (χ0v) is 10.6. The van der Waals surface area contributed by atoms with Crippen LogP contribution in [0.5, 0.6) is 0 Å². The van der Waals surface area contributed by atoms with Gasteiger partial charge in [-0.25, -0.2) is 8.78 Å². The van der Waals surface area contributed by atoms with Gasteiger partial charge in [0.1, 0.15) is 11.6 Å². The van der Waals surface area contributed by atoms with Crippen LogP contribution in [0.3, 0.4) is 0 Å². The summed E-state index contributed by atoms with van der Waals surface area (Å²) in [5.41, 5.74) is 0.381. The molecule has 1 aromatic carbocycles. The van der Waals surface area contributed by atoms with Crippen molar-refractivity contribution in [1.29, 1.82) is 0 Å². The van der Waals surface area contributed by atoms with E-state index < -0.39 is 11.6 Å². The first kappa shape index (κ1) is 12.5. The van der Waals surface area contributed by atoms with Crippen molar-refractivity contribution in [2.75, 3.05) is 6.54 Å². The Hall–Kier alpha value is -0.960. The Balaban J connectivity index is 2.33. The van der Waals surface area contributed by atoms with Gasteiger partial charge in [0.05, 0.1) is 0 Å². The lowest BCUT2D eigenvalue weighted by Gasteiger charge is -2.21. The zero-order valence-electron chi connectivity index (χ0n) is 10.6. The number of halogens is 2. The molecule has 0 saturated heterocycles. The molecule has 1 nitrogen and oxygen atoms in total. The first-order chi connectivity index (χ1) is 7.97. The van der Waals surface area contributed by atoms with E-state index in [-0.39, 0.29) is 17.0 Å². The molecule has 0 spiro atoms. The molecule has 1 saturated carbocycles. The van der Waals surface area contributed by atoms with E-state index in [1.165, 1.54) is 18.2 Å². The average molecular weight is 239 g/mol. The average Bonchev–Trinajstić information content (AvgIpc) is 2.86. The lowest BCUT2D eigenvalue weighted by Crippen LogP contribution is -2.26. The quantitative estimate of drug-likeness (QED) is 0.845. The largest absolute Gasteiger partial charge is 0.310 e. The molecule has 2 unspecified atom stereocenters. The fourth-order valence-electron chi connectivity index (χ4n) is 2.55. The minimum atomic E-state index is -0.446. The maximum atomic E-state index is 13.8. The second kappa shape index (κ2) is 4.37. The highest BCUT2D eigenvalue weighted by atomic mass is 19.1. The molecule has 1 aliphatic carbocycles. The summed E-state index contributed by atoms with van der Waals surface area (Å²) >= 11 is 0. The topological polar surface area (TPSA) is 12.0 Å². The smallest absolute Gasteiger partial charge is 0.130 e. The summed E-state index contributed by atoms with van der Waals surface area (Å²) in [4.78, 5) is 0. The van der Waals surface area contributed by atoms with E-state index in [4.69, 9.17) is 0 Å². The summed E-state index contributed by atoms with van der Waals surface area (Å²) in [7, 11) is 0. The molecule has 0 heterocycles. The number of benzene rings is 1. The Bertz CT molecular complexity index is 394. The molecule has 0 radical (unpaired) electrons. The molecule has 1 fully saturated rings. The molecule has 0 aromatic heterocycles. The lowest BCUT2D eigenvalue weighted by atomic mass is 9.96. The van der Waals surface area contributed by atoms with Crippen molar-refractivity contribution in [2.45, 2.75) is 33.2 Å². The SMILES string of the molecule is CCNC(c1c(F)cccc1F)C1CC1(C)C. The Kier molecular flexibility index (Phi) is 3.21. The summed E-state index contributed by atoms with van der Waals surface area (Å²) in [5, 5.41) is 3.22. The van der Waals surface area contributed by atoms with Gasteiger partial charge >= 0.3 is 0 Å². The molecular weight excluding hydrogens is 220 g/mol.